The fourth-order valence-electron chi connectivity index (χ4n) is 6.13. The van der Waals surface area contributed by atoms with Crippen LogP contribution in [0.5, 0.6) is 0 Å². The van der Waals surface area contributed by atoms with Crippen LogP contribution in [-0.2, 0) is 26.2 Å². The third-order valence-electron chi connectivity index (χ3n) is 9.06. The number of hydrogen-bond donors (Lipinski definition) is 0. The maximum Gasteiger partial charge on any atom is 0.269 e. The van der Waals surface area contributed by atoms with E-state index < -0.39 is 25.1 Å². The van der Waals surface area contributed by atoms with Crippen LogP contribution < -0.4 is 0 Å². The van der Waals surface area contributed by atoms with E-state index >= 15 is 0 Å². The van der Waals surface area contributed by atoms with Crippen LogP contribution in [0.15, 0.2) is 97.1 Å². The zero-order valence-electron chi connectivity index (χ0n) is 30.8. The van der Waals surface area contributed by atoms with Gasteiger partial charge in [0.15, 0.2) is 0 Å². The zero-order valence-corrected chi connectivity index (χ0v) is 30.8. The normalized spacial score (nSPS) is 11.4. The summed E-state index contributed by atoms with van der Waals surface area (Å²) in [5, 5.41) is 97.0. The van der Waals surface area contributed by atoms with Crippen molar-refractivity contribution >= 4 is 22.7 Å². The number of nitro groups is 4. The molecule has 0 aliphatic rings. The number of nitro benzene ring substituents is 4. The van der Waals surface area contributed by atoms with Gasteiger partial charge in [-0.25, -0.2) is 0 Å². The standard InChI is InChI=1S/C33H24N20O8/c54-50(55)25-9-1-21(2-10-25)29-34-42-46(38-29)17-33(18-47-39-30(35-43-47)22-3-11-26(12-4-22)51(56)57,19-48-40-31(36-44-48)23-5-13-27(14-6-23)52(58)59)20-49-41-32(37-45-49)24-7-15-28(16-8-24)53(60)61/h1-16H,17-20H2. The Kier molecular flexibility index (Phi) is 10.1. The van der Waals surface area contributed by atoms with Crippen molar-refractivity contribution in [3.8, 4) is 45.6 Å². The van der Waals surface area contributed by atoms with Gasteiger partial charge in [-0.05, 0) is 69.4 Å². The summed E-state index contributed by atoms with van der Waals surface area (Å²) in [6.45, 7) is -0.428. The van der Waals surface area contributed by atoms with Gasteiger partial charge in [-0.15, -0.1) is 40.8 Å². The average Bonchev–Trinajstić information content (AvgIpc) is 4.10. The highest BCUT2D eigenvalue weighted by Crippen LogP contribution is 2.29. The van der Waals surface area contributed by atoms with Crippen LogP contribution in [0, 0.1) is 45.9 Å². The summed E-state index contributed by atoms with van der Waals surface area (Å²) >= 11 is 0. The monoisotopic (exact) mass is 828 g/mol. The van der Waals surface area contributed by atoms with Gasteiger partial charge in [0.05, 0.1) is 51.3 Å². The molecule has 8 aromatic rings. The molecule has 28 heteroatoms. The molecule has 0 aliphatic heterocycles. The lowest BCUT2D eigenvalue weighted by molar-refractivity contribution is -0.385. The lowest BCUT2D eigenvalue weighted by atomic mass is 9.88. The lowest BCUT2D eigenvalue weighted by Crippen LogP contribution is -2.42. The highest BCUT2D eigenvalue weighted by molar-refractivity contribution is 5.58. The number of nitrogens with zero attached hydrogens (tertiary/aromatic N) is 20. The summed E-state index contributed by atoms with van der Waals surface area (Å²) in [4.78, 5) is 48.0. The van der Waals surface area contributed by atoms with Gasteiger partial charge in [-0.2, -0.15) is 19.2 Å². The summed E-state index contributed by atoms with van der Waals surface area (Å²) in [6.07, 6.45) is 0. The topological polar surface area (TPSA) is 347 Å². The molecule has 0 fully saturated rings. The first-order valence-corrected chi connectivity index (χ1v) is 17.5. The van der Waals surface area contributed by atoms with Crippen LogP contribution in [0.1, 0.15) is 0 Å². The number of aromatic nitrogens is 16. The van der Waals surface area contributed by atoms with Gasteiger partial charge in [0, 0.05) is 70.8 Å². The summed E-state index contributed by atoms with van der Waals surface area (Å²) in [5.41, 5.74) is -0.0448. The van der Waals surface area contributed by atoms with Gasteiger partial charge < -0.3 is 0 Å². The minimum Gasteiger partial charge on any atom is -0.258 e. The van der Waals surface area contributed by atoms with Gasteiger partial charge in [-0.1, -0.05) is 0 Å². The average molecular weight is 829 g/mol. The second-order valence-electron chi connectivity index (χ2n) is 13.3. The Bertz CT molecular complexity index is 2490. The number of hydrogen-bond acceptors (Lipinski definition) is 20. The fraction of sp³-hybridized carbons (Fsp3) is 0.152. The second-order valence-corrected chi connectivity index (χ2v) is 13.3. The number of benzene rings is 4. The molecule has 0 N–H and O–H groups in total. The fourth-order valence-corrected chi connectivity index (χ4v) is 6.13. The second kappa shape index (κ2) is 16.0. The van der Waals surface area contributed by atoms with Crippen LogP contribution in [0.3, 0.4) is 0 Å². The predicted octanol–water partition coefficient (Wildman–Crippen LogP) is 3.02. The molecule has 4 aromatic heterocycles. The molecule has 0 aliphatic carbocycles. The Morgan fingerprint density at radius 2 is 0.557 bits per heavy atom. The van der Waals surface area contributed by atoms with E-state index in [2.05, 4.69) is 61.6 Å². The molecule has 0 saturated heterocycles. The van der Waals surface area contributed by atoms with Crippen molar-refractivity contribution in [2.75, 3.05) is 0 Å². The van der Waals surface area contributed by atoms with Gasteiger partial charge >= 0.3 is 0 Å². The first-order valence-electron chi connectivity index (χ1n) is 17.5. The zero-order chi connectivity index (χ0) is 42.7. The molecule has 28 nitrogen and oxygen atoms in total. The SMILES string of the molecule is O=[N+]([O-])c1ccc(-c2nnn(CC(Cn3nnc(-c4ccc([N+](=O)[O-])cc4)n3)(Cn3nnc(-c4ccc([N+](=O)[O-])cc4)n3)Cn3nnc(-c4ccc([N+](=O)[O-])cc4)n3)n2)cc1. The van der Waals surface area contributed by atoms with Crippen LogP contribution in [-0.4, -0.2) is 101 Å². The molecule has 0 saturated carbocycles. The Morgan fingerprint density at radius 1 is 0.361 bits per heavy atom. The quantitative estimate of drug-likeness (QED) is 0.0997. The summed E-state index contributed by atoms with van der Waals surface area (Å²) < 4.78 is 0. The predicted molar refractivity (Wildman–Crippen MR) is 202 cm³/mol. The highest BCUT2D eigenvalue weighted by atomic mass is 16.6. The van der Waals surface area contributed by atoms with Gasteiger partial charge in [0.25, 0.3) is 22.7 Å². The van der Waals surface area contributed by atoms with Crippen molar-refractivity contribution in [3.63, 3.8) is 0 Å². The Balaban J connectivity index is 1.19. The summed E-state index contributed by atoms with van der Waals surface area (Å²) in [6, 6.07) is 22.2. The molecular formula is C33H24N20O8. The Morgan fingerprint density at radius 3 is 0.738 bits per heavy atom. The van der Waals surface area contributed by atoms with E-state index in [9.17, 15) is 40.5 Å². The van der Waals surface area contributed by atoms with Crippen LogP contribution >= 0.6 is 0 Å². The van der Waals surface area contributed by atoms with E-state index in [1.165, 1.54) is 116 Å². The maximum absolute atomic E-state index is 11.3. The minimum absolute atomic E-state index is 0.107. The first kappa shape index (κ1) is 38.6. The third kappa shape index (κ3) is 8.56. The van der Waals surface area contributed by atoms with Crippen molar-refractivity contribution in [2.24, 2.45) is 5.41 Å². The molecule has 8 rings (SSSR count). The highest BCUT2D eigenvalue weighted by Gasteiger charge is 2.38. The van der Waals surface area contributed by atoms with Crippen LogP contribution in [0.4, 0.5) is 22.7 Å². The van der Waals surface area contributed by atoms with E-state index in [1.807, 2.05) is 0 Å². The molecule has 61 heavy (non-hydrogen) atoms. The van der Waals surface area contributed by atoms with Crippen molar-refractivity contribution in [2.45, 2.75) is 26.2 Å². The molecule has 0 spiro atoms. The van der Waals surface area contributed by atoms with Crippen molar-refractivity contribution in [1.29, 1.82) is 0 Å². The molecule has 0 atom stereocenters. The molecule has 304 valence electrons. The molecule has 0 radical (unpaired) electrons. The molecule has 0 bridgehead atoms. The molecule has 0 amide bonds. The Hall–Kier alpha value is -9.24. The van der Waals surface area contributed by atoms with Gasteiger partial charge in [0.2, 0.25) is 23.3 Å². The summed E-state index contributed by atoms with van der Waals surface area (Å²) in [7, 11) is 0. The first-order chi connectivity index (χ1) is 29.4. The van der Waals surface area contributed by atoms with E-state index in [-0.39, 0.29) is 72.2 Å². The van der Waals surface area contributed by atoms with Crippen LogP contribution in [0.25, 0.3) is 45.6 Å². The molecule has 0 unspecified atom stereocenters. The minimum atomic E-state index is -1.25. The van der Waals surface area contributed by atoms with Crippen molar-refractivity contribution < 1.29 is 19.7 Å². The number of non-ortho nitro benzene ring substituents is 4. The molecule has 4 aromatic carbocycles. The van der Waals surface area contributed by atoms with Gasteiger partial charge in [-0.3, -0.25) is 40.5 Å². The number of tetrazole rings is 4. The third-order valence-corrected chi connectivity index (χ3v) is 9.06. The smallest absolute Gasteiger partial charge is 0.258 e. The maximum atomic E-state index is 11.3. The van der Waals surface area contributed by atoms with Crippen molar-refractivity contribution in [1.82, 2.24) is 80.8 Å². The molecule has 4 heterocycles. The van der Waals surface area contributed by atoms with Crippen molar-refractivity contribution in [3.05, 3.63) is 138 Å². The summed E-state index contributed by atoms with van der Waals surface area (Å²) in [5.74, 6) is 0.562. The largest absolute Gasteiger partial charge is 0.269 e. The lowest BCUT2D eigenvalue weighted by Gasteiger charge is -2.30. The van der Waals surface area contributed by atoms with E-state index in [4.69, 9.17) is 0 Å². The Labute approximate surface area is 337 Å². The van der Waals surface area contributed by atoms with E-state index in [1.54, 1.807) is 0 Å². The number of rotatable bonds is 16. The van der Waals surface area contributed by atoms with E-state index in [0.717, 1.165) is 0 Å². The van der Waals surface area contributed by atoms with E-state index in [0.29, 0.717) is 22.3 Å². The van der Waals surface area contributed by atoms with Gasteiger partial charge in [0.1, 0.15) is 0 Å². The molecular weight excluding hydrogens is 804 g/mol. The van der Waals surface area contributed by atoms with Crippen LogP contribution in [0.2, 0.25) is 0 Å².